The molecule has 2 fully saturated rings. The van der Waals surface area contributed by atoms with Gasteiger partial charge in [0.1, 0.15) is 5.82 Å². The van der Waals surface area contributed by atoms with E-state index in [1.54, 1.807) is 23.5 Å². The first-order valence-electron chi connectivity index (χ1n) is 8.58. The number of aromatic nitrogens is 1. The highest BCUT2D eigenvalue weighted by Crippen LogP contribution is 2.49. The maximum absolute atomic E-state index is 13.4. The summed E-state index contributed by atoms with van der Waals surface area (Å²) in [4.78, 5) is 19.4. The Morgan fingerprint density at radius 2 is 2.29 bits per heavy atom. The molecule has 0 spiro atoms. The minimum atomic E-state index is -0.220. The van der Waals surface area contributed by atoms with Crippen LogP contribution in [0.3, 0.4) is 0 Å². The van der Waals surface area contributed by atoms with E-state index in [-0.39, 0.29) is 23.6 Å². The van der Waals surface area contributed by atoms with E-state index in [0.29, 0.717) is 5.92 Å². The van der Waals surface area contributed by atoms with E-state index >= 15 is 0 Å². The molecule has 0 radical (unpaired) electrons. The second-order valence-corrected chi connectivity index (χ2v) is 7.84. The number of hydrogen-bond donors (Lipinski definition) is 0. The lowest BCUT2D eigenvalue weighted by molar-refractivity contribution is -0.133. The summed E-state index contributed by atoms with van der Waals surface area (Å²) in [5.74, 6) is 0.608. The second-order valence-electron chi connectivity index (χ2n) is 6.95. The summed E-state index contributed by atoms with van der Waals surface area (Å²) in [6, 6.07) is 6.67. The lowest BCUT2D eigenvalue weighted by Crippen LogP contribution is -2.40. The summed E-state index contributed by atoms with van der Waals surface area (Å²) in [7, 11) is 0. The lowest BCUT2D eigenvalue weighted by atomic mass is 9.98. The number of carbonyl (C=O) groups excluding carboxylic acids is 1. The molecule has 1 saturated heterocycles. The van der Waals surface area contributed by atoms with E-state index < -0.39 is 0 Å². The van der Waals surface area contributed by atoms with E-state index in [4.69, 9.17) is 0 Å². The van der Waals surface area contributed by atoms with Crippen molar-refractivity contribution in [2.24, 2.45) is 5.92 Å². The summed E-state index contributed by atoms with van der Waals surface area (Å²) < 4.78 is 13.4. The minimum Gasteiger partial charge on any atom is -0.342 e. The molecule has 3 nitrogen and oxygen atoms in total. The van der Waals surface area contributed by atoms with Gasteiger partial charge in [-0.15, -0.1) is 11.3 Å². The van der Waals surface area contributed by atoms with Crippen molar-refractivity contribution < 1.29 is 9.18 Å². The second kappa shape index (κ2) is 6.28. The average Bonchev–Trinajstić information content (AvgIpc) is 3.28. The first kappa shape index (κ1) is 15.8. The van der Waals surface area contributed by atoms with Crippen LogP contribution in [0.1, 0.15) is 47.4 Å². The molecule has 1 aromatic carbocycles. The number of benzene rings is 1. The Kier molecular flexibility index (Phi) is 4.12. The van der Waals surface area contributed by atoms with Crippen LogP contribution in [0.5, 0.6) is 0 Å². The number of likely N-dealkylation sites (tertiary alicyclic amines) is 1. The fraction of sp³-hybridized carbons (Fsp3) is 0.474. The van der Waals surface area contributed by atoms with Crippen LogP contribution in [0, 0.1) is 18.7 Å². The molecule has 1 saturated carbocycles. The number of rotatable bonds is 3. The predicted octanol–water partition coefficient (Wildman–Crippen LogP) is 4.10. The summed E-state index contributed by atoms with van der Waals surface area (Å²) in [5, 5.41) is 3.24. The van der Waals surface area contributed by atoms with Crippen LogP contribution in [0.2, 0.25) is 0 Å². The van der Waals surface area contributed by atoms with Gasteiger partial charge in [0.25, 0.3) is 0 Å². The third-order valence-corrected chi connectivity index (χ3v) is 6.23. The molecule has 1 aliphatic carbocycles. The quantitative estimate of drug-likeness (QED) is 0.840. The maximum atomic E-state index is 13.4. The van der Waals surface area contributed by atoms with E-state index in [2.05, 4.69) is 10.4 Å². The van der Waals surface area contributed by atoms with E-state index in [0.717, 1.165) is 48.6 Å². The standard InChI is InChI=1S/C19H21FN2OS/c1-12-11-24-18(21-12)14-5-3-7-22(10-14)19(23)17-9-16(17)13-4-2-6-15(20)8-13/h2,4,6,8,11,14,16-17H,3,5,7,9-10H2,1H3. The zero-order chi connectivity index (χ0) is 16.7. The summed E-state index contributed by atoms with van der Waals surface area (Å²) in [5.41, 5.74) is 2.02. The third-order valence-electron chi connectivity index (χ3n) is 5.10. The topological polar surface area (TPSA) is 33.2 Å². The van der Waals surface area contributed by atoms with Crippen LogP contribution in [0.15, 0.2) is 29.6 Å². The van der Waals surface area contributed by atoms with Gasteiger partial charge in [-0.2, -0.15) is 0 Å². The molecule has 1 amide bonds. The van der Waals surface area contributed by atoms with Gasteiger partial charge in [-0.05, 0) is 49.8 Å². The molecular weight excluding hydrogens is 323 g/mol. The van der Waals surface area contributed by atoms with Gasteiger partial charge >= 0.3 is 0 Å². The number of aryl methyl sites for hydroxylation is 1. The summed E-state index contributed by atoms with van der Waals surface area (Å²) in [6.45, 7) is 3.63. The van der Waals surface area contributed by atoms with E-state index in [1.807, 2.05) is 17.9 Å². The number of thiazole rings is 1. The average molecular weight is 344 g/mol. The molecule has 126 valence electrons. The summed E-state index contributed by atoms with van der Waals surface area (Å²) in [6.07, 6.45) is 2.99. The molecule has 1 aliphatic heterocycles. The number of carbonyl (C=O) groups is 1. The Bertz CT molecular complexity index is 759. The van der Waals surface area contributed by atoms with Crippen LogP contribution in [0.4, 0.5) is 4.39 Å². The monoisotopic (exact) mass is 344 g/mol. The minimum absolute atomic E-state index is 0.0311. The first-order chi connectivity index (χ1) is 11.6. The molecular formula is C19H21FN2OS. The highest BCUT2D eigenvalue weighted by molar-refractivity contribution is 7.09. The van der Waals surface area contributed by atoms with Gasteiger partial charge in [0.2, 0.25) is 5.91 Å². The SMILES string of the molecule is Cc1csc(C2CCCN(C(=O)C3CC3c3cccc(F)c3)C2)n1. The van der Waals surface area contributed by atoms with Crippen LogP contribution in [-0.4, -0.2) is 28.9 Å². The smallest absolute Gasteiger partial charge is 0.226 e. The van der Waals surface area contributed by atoms with Crippen LogP contribution in [-0.2, 0) is 4.79 Å². The predicted molar refractivity (Wildman–Crippen MR) is 92.7 cm³/mol. The molecule has 4 rings (SSSR count). The molecule has 2 heterocycles. The zero-order valence-electron chi connectivity index (χ0n) is 13.7. The van der Waals surface area contributed by atoms with Gasteiger partial charge < -0.3 is 4.90 Å². The normalized spacial score (nSPS) is 26.4. The fourth-order valence-corrected chi connectivity index (χ4v) is 4.67. The van der Waals surface area contributed by atoms with Gasteiger partial charge in [0, 0.05) is 36.0 Å². The van der Waals surface area contributed by atoms with Gasteiger partial charge in [-0.1, -0.05) is 12.1 Å². The number of piperidine rings is 1. The zero-order valence-corrected chi connectivity index (χ0v) is 14.6. The Morgan fingerprint density at radius 3 is 3.04 bits per heavy atom. The summed E-state index contributed by atoms with van der Waals surface area (Å²) >= 11 is 1.70. The van der Waals surface area contributed by atoms with Crippen LogP contribution < -0.4 is 0 Å². The van der Waals surface area contributed by atoms with Crippen molar-refractivity contribution >= 4 is 17.2 Å². The maximum Gasteiger partial charge on any atom is 0.226 e. The molecule has 2 aliphatic rings. The van der Waals surface area contributed by atoms with Crippen LogP contribution in [0.25, 0.3) is 0 Å². The molecule has 0 N–H and O–H groups in total. The molecule has 0 bridgehead atoms. The molecule has 1 aromatic heterocycles. The Balaban J connectivity index is 1.42. The van der Waals surface area contributed by atoms with Gasteiger partial charge in [-0.3, -0.25) is 4.79 Å². The lowest BCUT2D eigenvalue weighted by Gasteiger charge is -2.32. The van der Waals surface area contributed by atoms with E-state index in [1.165, 1.54) is 6.07 Å². The Hall–Kier alpha value is -1.75. The molecule has 3 unspecified atom stereocenters. The molecule has 24 heavy (non-hydrogen) atoms. The molecule has 3 atom stereocenters. The number of hydrogen-bond acceptors (Lipinski definition) is 3. The third kappa shape index (κ3) is 3.09. The largest absolute Gasteiger partial charge is 0.342 e. The van der Waals surface area contributed by atoms with Gasteiger partial charge in [0.15, 0.2) is 0 Å². The van der Waals surface area contributed by atoms with Crippen molar-refractivity contribution in [3.05, 3.63) is 51.7 Å². The van der Waals surface area contributed by atoms with Gasteiger partial charge in [0.05, 0.1) is 5.01 Å². The van der Waals surface area contributed by atoms with Crippen molar-refractivity contribution in [2.75, 3.05) is 13.1 Å². The fourth-order valence-electron chi connectivity index (χ4n) is 3.75. The van der Waals surface area contributed by atoms with Gasteiger partial charge in [-0.25, -0.2) is 9.37 Å². The van der Waals surface area contributed by atoms with Crippen molar-refractivity contribution in [2.45, 2.75) is 38.0 Å². The highest BCUT2D eigenvalue weighted by Gasteiger charge is 2.46. The number of nitrogens with zero attached hydrogens (tertiary/aromatic N) is 2. The van der Waals surface area contributed by atoms with E-state index in [9.17, 15) is 9.18 Å². The Labute approximate surface area is 145 Å². The van der Waals surface area contributed by atoms with Crippen molar-refractivity contribution in [1.82, 2.24) is 9.88 Å². The first-order valence-corrected chi connectivity index (χ1v) is 9.46. The number of halogens is 1. The van der Waals surface area contributed by atoms with Crippen molar-refractivity contribution in [3.63, 3.8) is 0 Å². The number of amides is 1. The molecule has 2 aromatic rings. The highest BCUT2D eigenvalue weighted by atomic mass is 32.1. The Morgan fingerprint density at radius 1 is 1.42 bits per heavy atom. The van der Waals surface area contributed by atoms with Crippen LogP contribution >= 0.6 is 11.3 Å². The molecule has 5 heteroatoms. The van der Waals surface area contributed by atoms with Crippen molar-refractivity contribution in [3.8, 4) is 0 Å². The van der Waals surface area contributed by atoms with Crippen molar-refractivity contribution in [1.29, 1.82) is 0 Å².